The number of fused-ring (bicyclic) bond motifs is 1. The maximum Gasteiger partial charge on any atom is 0.266 e. The Bertz CT molecular complexity index is 1110. The molecule has 2 heterocycles. The Labute approximate surface area is 178 Å². The van der Waals surface area contributed by atoms with Gasteiger partial charge in [-0.1, -0.05) is 84.8 Å². The fraction of sp³-hybridized carbons (Fsp3) is 0.261. The van der Waals surface area contributed by atoms with Gasteiger partial charge in [0.15, 0.2) is 5.76 Å². The molecule has 2 aromatic carbocycles. The van der Waals surface area contributed by atoms with Crippen molar-refractivity contribution in [2.24, 2.45) is 0 Å². The van der Waals surface area contributed by atoms with Gasteiger partial charge in [-0.2, -0.15) is 0 Å². The van der Waals surface area contributed by atoms with Crippen molar-refractivity contribution in [3.8, 4) is 11.3 Å². The molecule has 1 aromatic heterocycles. The van der Waals surface area contributed by atoms with Crippen molar-refractivity contribution in [1.29, 1.82) is 0 Å². The van der Waals surface area contributed by atoms with Crippen molar-refractivity contribution < 1.29 is 9.32 Å². The number of hydrogen-bond donors (Lipinski definition) is 0. The van der Waals surface area contributed by atoms with E-state index in [9.17, 15) is 4.79 Å². The quantitative estimate of drug-likeness (QED) is 0.382. The number of thioether (sulfide) groups is 1. The summed E-state index contributed by atoms with van der Waals surface area (Å²) >= 11 is 6.95. The summed E-state index contributed by atoms with van der Waals surface area (Å²) in [7, 11) is 0. The summed E-state index contributed by atoms with van der Waals surface area (Å²) in [6.07, 6.45) is 7.63. The number of carbonyl (C=O) groups is 1. The topological polar surface area (TPSA) is 46.3 Å². The Morgan fingerprint density at radius 1 is 1.10 bits per heavy atom. The first kappa shape index (κ1) is 18.6. The molecule has 4 nitrogen and oxygen atoms in total. The average molecular weight is 421 g/mol. The summed E-state index contributed by atoms with van der Waals surface area (Å²) in [4.78, 5) is 15.6. The lowest BCUT2D eigenvalue weighted by Crippen LogP contribution is -2.39. The minimum Gasteiger partial charge on any atom is -0.355 e. The zero-order chi connectivity index (χ0) is 19.8. The molecular weight excluding hydrogens is 400 g/mol. The van der Waals surface area contributed by atoms with Gasteiger partial charge in [-0.05, 0) is 36.6 Å². The van der Waals surface area contributed by atoms with Gasteiger partial charge in [0.25, 0.3) is 5.91 Å². The Morgan fingerprint density at radius 3 is 2.69 bits per heavy atom. The summed E-state index contributed by atoms with van der Waals surface area (Å²) in [5.74, 6) is 0.784. The van der Waals surface area contributed by atoms with E-state index < -0.39 is 0 Å². The molecule has 0 spiro atoms. The zero-order valence-corrected chi connectivity index (χ0v) is 17.5. The fourth-order valence-electron chi connectivity index (χ4n) is 4.13. The van der Waals surface area contributed by atoms with E-state index in [2.05, 4.69) is 5.16 Å². The number of aromatic nitrogens is 1. The molecule has 0 atom stereocenters. The van der Waals surface area contributed by atoms with Crippen molar-refractivity contribution in [3.05, 3.63) is 59.0 Å². The SMILES string of the molecule is O=C1C(=Cc2ccc3noc(-c4ccccc4)c3c2)SC(=S)N1C1CCCCC1. The van der Waals surface area contributed by atoms with Crippen LogP contribution in [-0.4, -0.2) is 26.3 Å². The highest BCUT2D eigenvalue weighted by molar-refractivity contribution is 8.26. The summed E-state index contributed by atoms with van der Waals surface area (Å²) < 4.78 is 6.27. The highest BCUT2D eigenvalue weighted by Crippen LogP contribution is 2.38. The second-order valence-corrected chi connectivity index (χ2v) is 9.17. The summed E-state index contributed by atoms with van der Waals surface area (Å²) in [6, 6.07) is 16.1. The number of carbonyl (C=O) groups excluding carboxylic acids is 1. The Balaban J connectivity index is 1.47. The molecule has 1 amide bonds. The molecule has 0 N–H and O–H groups in total. The van der Waals surface area contributed by atoms with Gasteiger partial charge in [-0.3, -0.25) is 9.69 Å². The van der Waals surface area contributed by atoms with Crippen LogP contribution < -0.4 is 0 Å². The number of thiocarbonyl (C=S) groups is 1. The van der Waals surface area contributed by atoms with E-state index in [0.29, 0.717) is 9.23 Å². The normalized spacial score (nSPS) is 19.6. The van der Waals surface area contributed by atoms with Crippen LogP contribution in [-0.2, 0) is 4.79 Å². The molecular formula is C23H20N2O2S2. The highest BCUT2D eigenvalue weighted by atomic mass is 32.2. The average Bonchev–Trinajstić information content (AvgIpc) is 3.29. The van der Waals surface area contributed by atoms with Gasteiger partial charge in [0.05, 0.1) is 10.3 Å². The Kier molecular flexibility index (Phi) is 4.97. The van der Waals surface area contributed by atoms with Gasteiger partial charge in [0.1, 0.15) is 9.84 Å². The lowest BCUT2D eigenvalue weighted by molar-refractivity contribution is -0.124. The number of rotatable bonds is 3. The summed E-state index contributed by atoms with van der Waals surface area (Å²) in [6.45, 7) is 0. The number of hydrogen-bond acceptors (Lipinski definition) is 5. The largest absolute Gasteiger partial charge is 0.355 e. The first-order valence-electron chi connectivity index (χ1n) is 9.92. The van der Waals surface area contributed by atoms with Gasteiger partial charge in [-0.25, -0.2) is 0 Å². The van der Waals surface area contributed by atoms with Crippen molar-refractivity contribution in [1.82, 2.24) is 10.1 Å². The van der Waals surface area contributed by atoms with Gasteiger partial charge >= 0.3 is 0 Å². The predicted molar refractivity (Wildman–Crippen MR) is 121 cm³/mol. The molecule has 146 valence electrons. The molecule has 1 aliphatic heterocycles. The Hall–Kier alpha value is -2.44. The monoisotopic (exact) mass is 420 g/mol. The smallest absolute Gasteiger partial charge is 0.266 e. The lowest BCUT2D eigenvalue weighted by Gasteiger charge is -2.29. The van der Waals surface area contributed by atoms with E-state index >= 15 is 0 Å². The van der Waals surface area contributed by atoms with Crippen LogP contribution >= 0.6 is 24.0 Å². The van der Waals surface area contributed by atoms with E-state index in [1.54, 1.807) is 0 Å². The van der Waals surface area contributed by atoms with Crippen LogP contribution in [0.5, 0.6) is 0 Å². The first-order valence-corrected chi connectivity index (χ1v) is 11.1. The van der Waals surface area contributed by atoms with Gasteiger partial charge in [0, 0.05) is 11.6 Å². The summed E-state index contributed by atoms with van der Waals surface area (Å²) in [5.41, 5.74) is 2.73. The van der Waals surface area contributed by atoms with Crippen LogP contribution in [0.3, 0.4) is 0 Å². The first-order chi connectivity index (χ1) is 14.2. The van der Waals surface area contributed by atoms with Gasteiger partial charge < -0.3 is 4.52 Å². The van der Waals surface area contributed by atoms with Crippen LogP contribution in [0.15, 0.2) is 58.0 Å². The Morgan fingerprint density at radius 2 is 1.90 bits per heavy atom. The number of nitrogens with zero attached hydrogens (tertiary/aromatic N) is 2. The second kappa shape index (κ2) is 7.76. The minimum atomic E-state index is 0.0422. The van der Waals surface area contributed by atoms with E-state index in [1.165, 1.54) is 31.0 Å². The van der Waals surface area contributed by atoms with Gasteiger partial charge in [0.2, 0.25) is 0 Å². The molecule has 5 rings (SSSR count). The van der Waals surface area contributed by atoms with Crippen LogP contribution in [0.25, 0.3) is 28.3 Å². The molecule has 29 heavy (non-hydrogen) atoms. The van der Waals surface area contributed by atoms with Crippen molar-refractivity contribution in [3.63, 3.8) is 0 Å². The van der Waals surface area contributed by atoms with Crippen LogP contribution in [0, 0.1) is 0 Å². The van der Waals surface area contributed by atoms with E-state index in [4.69, 9.17) is 16.7 Å². The molecule has 0 unspecified atom stereocenters. The van der Waals surface area contributed by atoms with Crippen LogP contribution in [0.2, 0.25) is 0 Å². The maximum atomic E-state index is 13.0. The molecule has 2 fully saturated rings. The van der Waals surface area contributed by atoms with Crippen molar-refractivity contribution in [2.75, 3.05) is 0 Å². The number of benzene rings is 2. The molecule has 0 bridgehead atoms. The predicted octanol–water partition coefficient (Wildman–Crippen LogP) is 6.03. The highest BCUT2D eigenvalue weighted by Gasteiger charge is 2.37. The van der Waals surface area contributed by atoms with Gasteiger partial charge in [-0.15, -0.1) is 0 Å². The van der Waals surface area contributed by atoms with Crippen molar-refractivity contribution in [2.45, 2.75) is 38.1 Å². The molecule has 2 aliphatic rings. The van der Waals surface area contributed by atoms with E-state index in [1.807, 2.05) is 59.5 Å². The zero-order valence-electron chi connectivity index (χ0n) is 15.8. The molecule has 1 saturated heterocycles. The van der Waals surface area contributed by atoms with Crippen LogP contribution in [0.1, 0.15) is 37.7 Å². The summed E-state index contributed by atoms with van der Waals surface area (Å²) in [5, 5.41) is 5.11. The van der Waals surface area contributed by atoms with Crippen LogP contribution in [0.4, 0.5) is 0 Å². The minimum absolute atomic E-state index is 0.0422. The standard InChI is InChI=1S/C23H20N2O2S2/c26-22-20(29-23(28)25(22)17-9-5-2-6-10-17)14-15-11-12-19-18(13-15)21(27-24-19)16-7-3-1-4-8-16/h1,3-4,7-8,11-14,17H,2,5-6,9-10H2. The lowest BCUT2D eigenvalue weighted by atomic mass is 9.94. The number of amides is 1. The van der Waals surface area contributed by atoms with Crippen molar-refractivity contribution >= 4 is 51.2 Å². The maximum absolute atomic E-state index is 13.0. The fourth-order valence-corrected chi connectivity index (χ4v) is 5.53. The third-order valence-electron chi connectivity index (χ3n) is 5.60. The second-order valence-electron chi connectivity index (χ2n) is 7.50. The molecule has 0 radical (unpaired) electrons. The molecule has 1 aliphatic carbocycles. The third-order valence-corrected chi connectivity index (χ3v) is 6.93. The molecule has 6 heteroatoms. The molecule has 3 aromatic rings. The third kappa shape index (κ3) is 3.51. The van der Waals surface area contributed by atoms with E-state index in [-0.39, 0.29) is 11.9 Å². The van der Waals surface area contributed by atoms with E-state index in [0.717, 1.165) is 40.6 Å². The molecule has 1 saturated carbocycles.